The second-order valence-corrected chi connectivity index (χ2v) is 8.02. The Kier molecular flexibility index (Phi) is 5.87. The zero-order chi connectivity index (χ0) is 18.0. The predicted molar refractivity (Wildman–Crippen MR) is 102 cm³/mol. The Morgan fingerprint density at radius 3 is 2.67 bits per heavy atom. The molecule has 0 saturated heterocycles. The highest BCUT2D eigenvalue weighted by Gasteiger charge is 2.17. The molecule has 0 fully saturated rings. The zero-order valence-corrected chi connectivity index (χ0v) is 16.4. The first-order chi connectivity index (χ1) is 11.3. The van der Waals surface area contributed by atoms with Gasteiger partial charge in [0.25, 0.3) is 5.56 Å². The number of hydrogen-bond donors (Lipinski definition) is 0. The minimum Gasteiger partial charge on any atom is -0.338 e. The van der Waals surface area contributed by atoms with Crippen molar-refractivity contribution in [3.8, 4) is 0 Å². The number of aryl methyl sites for hydroxylation is 2. The molecule has 0 bridgehead atoms. The fraction of sp³-hybridized carbons (Fsp3) is 0.471. The maximum atomic E-state index is 12.6. The maximum absolute atomic E-state index is 12.6. The van der Waals surface area contributed by atoms with Gasteiger partial charge in [0, 0.05) is 25.0 Å². The third-order valence-corrected chi connectivity index (χ3v) is 6.01. The first-order valence-electron chi connectivity index (χ1n) is 7.77. The lowest BCUT2D eigenvalue weighted by atomic mass is 10.2. The monoisotopic (exact) mass is 365 g/mol. The van der Waals surface area contributed by atoms with Crippen LogP contribution in [-0.2, 0) is 11.8 Å². The number of hydrogen-bond acceptors (Lipinski definition) is 5. The van der Waals surface area contributed by atoms with Gasteiger partial charge in [0.2, 0.25) is 5.91 Å². The van der Waals surface area contributed by atoms with Gasteiger partial charge in [-0.05, 0) is 33.3 Å². The highest BCUT2D eigenvalue weighted by atomic mass is 32.2. The van der Waals surface area contributed by atoms with Gasteiger partial charge in [-0.2, -0.15) is 0 Å². The first-order valence-corrected chi connectivity index (χ1v) is 9.58. The molecule has 0 radical (unpaired) electrons. The first kappa shape index (κ1) is 18.7. The van der Waals surface area contributed by atoms with Gasteiger partial charge >= 0.3 is 0 Å². The van der Waals surface area contributed by atoms with E-state index >= 15 is 0 Å². The second kappa shape index (κ2) is 7.53. The molecule has 5 nitrogen and oxygen atoms in total. The van der Waals surface area contributed by atoms with Gasteiger partial charge in [-0.3, -0.25) is 14.2 Å². The van der Waals surface area contributed by atoms with Crippen molar-refractivity contribution in [2.45, 2.75) is 32.9 Å². The molecular formula is C17H23N3O2S2. The predicted octanol–water partition coefficient (Wildman–Crippen LogP) is 3.13. The number of fused-ring (bicyclic) bond motifs is 1. The van der Waals surface area contributed by atoms with Crippen LogP contribution in [0.3, 0.4) is 0 Å². The summed E-state index contributed by atoms with van der Waals surface area (Å²) in [6.07, 6.45) is 0. The van der Waals surface area contributed by atoms with Gasteiger partial charge in [0.15, 0.2) is 5.16 Å². The normalized spacial score (nSPS) is 11.0. The lowest BCUT2D eigenvalue weighted by Crippen LogP contribution is -2.33. The van der Waals surface area contributed by atoms with Crippen LogP contribution in [0.5, 0.6) is 0 Å². The SMILES string of the molecule is C=C(C)CN(CC)C(=O)CSc1nc2sc(C)c(C)c2c(=O)n1C. The van der Waals surface area contributed by atoms with Crippen LogP contribution in [0.2, 0.25) is 0 Å². The van der Waals surface area contributed by atoms with Crippen molar-refractivity contribution in [1.29, 1.82) is 0 Å². The van der Waals surface area contributed by atoms with Crippen LogP contribution in [0.25, 0.3) is 10.2 Å². The van der Waals surface area contributed by atoms with E-state index in [0.29, 0.717) is 23.6 Å². The molecule has 2 rings (SSSR count). The molecule has 2 aromatic heterocycles. The number of aromatic nitrogens is 2. The molecule has 0 unspecified atom stereocenters. The summed E-state index contributed by atoms with van der Waals surface area (Å²) in [6.45, 7) is 12.9. The van der Waals surface area contributed by atoms with E-state index in [1.54, 1.807) is 11.9 Å². The third-order valence-electron chi connectivity index (χ3n) is 3.89. The maximum Gasteiger partial charge on any atom is 0.262 e. The summed E-state index contributed by atoms with van der Waals surface area (Å²) >= 11 is 2.83. The smallest absolute Gasteiger partial charge is 0.262 e. The highest BCUT2D eigenvalue weighted by molar-refractivity contribution is 7.99. The Bertz CT molecular complexity index is 852. The van der Waals surface area contributed by atoms with E-state index in [0.717, 1.165) is 20.8 Å². The number of nitrogens with zero attached hydrogens (tertiary/aromatic N) is 3. The summed E-state index contributed by atoms with van der Waals surface area (Å²) < 4.78 is 1.54. The van der Waals surface area contributed by atoms with Gasteiger partial charge in [0.1, 0.15) is 4.83 Å². The van der Waals surface area contributed by atoms with Crippen LogP contribution in [0, 0.1) is 13.8 Å². The Hall–Kier alpha value is -1.60. The minimum atomic E-state index is -0.0499. The van der Waals surface area contributed by atoms with Crippen LogP contribution in [0.4, 0.5) is 0 Å². The van der Waals surface area contributed by atoms with Gasteiger partial charge < -0.3 is 4.90 Å². The average Bonchev–Trinajstić information content (AvgIpc) is 2.81. The Morgan fingerprint density at radius 2 is 2.08 bits per heavy atom. The van der Waals surface area contributed by atoms with E-state index in [1.807, 2.05) is 27.7 Å². The molecule has 0 aliphatic rings. The van der Waals surface area contributed by atoms with E-state index in [4.69, 9.17) is 0 Å². The molecule has 0 N–H and O–H groups in total. The van der Waals surface area contributed by atoms with Crippen molar-refractivity contribution in [2.75, 3.05) is 18.8 Å². The Morgan fingerprint density at radius 1 is 1.42 bits per heavy atom. The number of rotatable bonds is 6. The molecule has 0 aromatic carbocycles. The van der Waals surface area contributed by atoms with Crippen molar-refractivity contribution >= 4 is 39.2 Å². The quantitative estimate of drug-likeness (QED) is 0.448. The molecular weight excluding hydrogens is 342 g/mol. The molecule has 2 heterocycles. The molecule has 24 heavy (non-hydrogen) atoms. The van der Waals surface area contributed by atoms with Crippen LogP contribution in [0.1, 0.15) is 24.3 Å². The molecule has 0 saturated carbocycles. The highest BCUT2D eigenvalue weighted by Crippen LogP contribution is 2.28. The summed E-state index contributed by atoms with van der Waals surface area (Å²) in [5.74, 6) is 0.286. The fourth-order valence-electron chi connectivity index (χ4n) is 2.40. The largest absolute Gasteiger partial charge is 0.338 e. The third kappa shape index (κ3) is 3.72. The Labute approximate surface area is 150 Å². The summed E-state index contributed by atoms with van der Waals surface area (Å²) in [4.78, 5) is 33.1. The van der Waals surface area contributed by atoms with E-state index in [2.05, 4.69) is 11.6 Å². The molecule has 2 aromatic rings. The molecule has 7 heteroatoms. The lowest BCUT2D eigenvalue weighted by molar-refractivity contribution is -0.127. The molecule has 0 aliphatic heterocycles. The molecule has 0 spiro atoms. The summed E-state index contributed by atoms with van der Waals surface area (Å²) in [6, 6.07) is 0. The van der Waals surface area contributed by atoms with Crippen LogP contribution < -0.4 is 5.56 Å². The van der Waals surface area contributed by atoms with Crippen molar-refractivity contribution in [2.24, 2.45) is 7.05 Å². The number of carbonyl (C=O) groups excluding carboxylic acids is 1. The number of likely N-dealkylation sites (N-methyl/N-ethyl adjacent to an activating group) is 1. The van der Waals surface area contributed by atoms with E-state index in [1.165, 1.54) is 27.7 Å². The number of thiophene rings is 1. The minimum absolute atomic E-state index is 0.0263. The van der Waals surface area contributed by atoms with Crippen molar-refractivity contribution < 1.29 is 4.79 Å². The average molecular weight is 366 g/mol. The number of amides is 1. The summed E-state index contributed by atoms with van der Waals surface area (Å²) in [7, 11) is 1.71. The van der Waals surface area contributed by atoms with Crippen LogP contribution >= 0.6 is 23.1 Å². The van der Waals surface area contributed by atoms with Gasteiger partial charge in [-0.15, -0.1) is 11.3 Å². The summed E-state index contributed by atoms with van der Waals surface area (Å²) in [5, 5.41) is 1.27. The molecule has 0 aliphatic carbocycles. The van der Waals surface area contributed by atoms with Crippen molar-refractivity contribution in [3.63, 3.8) is 0 Å². The van der Waals surface area contributed by atoms with Crippen LogP contribution in [0.15, 0.2) is 22.1 Å². The second-order valence-electron chi connectivity index (χ2n) is 5.88. The molecule has 0 atom stereocenters. The van der Waals surface area contributed by atoms with E-state index in [-0.39, 0.29) is 17.2 Å². The summed E-state index contributed by atoms with van der Waals surface area (Å²) in [5.41, 5.74) is 1.90. The fourth-order valence-corrected chi connectivity index (χ4v) is 4.35. The van der Waals surface area contributed by atoms with Gasteiger partial charge in [-0.1, -0.05) is 23.9 Å². The topological polar surface area (TPSA) is 55.2 Å². The zero-order valence-electron chi connectivity index (χ0n) is 14.8. The molecule has 1 amide bonds. The molecule has 130 valence electrons. The lowest BCUT2D eigenvalue weighted by Gasteiger charge is -2.20. The van der Waals surface area contributed by atoms with E-state index in [9.17, 15) is 9.59 Å². The van der Waals surface area contributed by atoms with E-state index < -0.39 is 0 Å². The Balaban J connectivity index is 2.24. The standard InChI is InChI=1S/C17H23N3O2S2/c1-7-20(8-10(2)3)13(21)9-23-17-18-15-14(16(22)19(17)6)11(4)12(5)24-15/h2,7-9H2,1,3-6H3. The van der Waals surface area contributed by atoms with Crippen molar-refractivity contribution in [1.82, 2.24) is 14.5 Å². The number of carbonyl (C=O) groups is 1. The number of thioether (sulfide) groups is 1. The van der Waals surface area contributed by atoms with Gasteiger partial charge in [-0.25, -0.2) is 4.98 Å². The van der Waals surface area contributed by atoms with Crippen LogP contribution in [-0.4, -0.2) is 39.2 Å². The van der Waals surface area contributed by atoms with Gasteiger partial charge in [0.05, 0.1) is 11.1 Å². The van der Waals surface area contributed by atoms with Crippen molar-refractivity contribution in [3.05, 3.63) is 32.9 Å².